The van der Waals surface area contributed by atoms with E-state index in [1.807, 2.05) is 34.6 Å². The van der Waals surface area contributed by atoms with Gasteiger partial charge in [-0.3, -0.25) is 0 Å². The van der Waals surface area contributed by atoms with Crippen molar-refractivity contribution in [2.75, 3.05) is 6.61 Å². The van der Waals surface area contributed by atoms with Crippen LogP contribution in [0.15, 0.2) is 0 Å². The van der Waals surface area contributed by atoms with Gasteiger partial charge in [-0.05, 0) is 34.6 Å². The second-order valence-electron chi connectivity index (χ2n) is 4.00. The molecule has 0 spiro atoms. The largest absolute Gasteiger partial charge is 0.640 e. The first kappa shape index (κ1) is 10.0. The Morgan fingerprint density at radius 2 is 1.50 bits per heavy atom. The molecule has 1 aliphatic rings. The van der Waals surface area contributed by atoms with E-state index in [1.165, 1.54) is 0 Å². The molecule has 0 aromatic rings. The summed E-state index contributed by atoms with van der Waals surface area (Å²) in [4.78, 5) is 0. The van der Waals surface area contributed by atoms with Crippen molar-refractivity contribution in [3.8, 4) is 0 Å². The Labute approximate surface area is 74.6 Å². The second-order valence-corrected chi connectivity index (χ2v) is 4.00. The molecule has 1 aliphatic heterocycles. The number of rotatable bonds is 2. The van der Waals surface area contributed by atoms with Gasteiger partial charge in [0.15, 0.2) is 0 Å². The molecule has 4 heteroatoms. The molecule has 0 saturated carbocycles. The fourth-order valence-corrected chi connectivity index (χ4v) is 0.993. The molecule has 70 valence electrons. The highest BCUT2D eigenvalue weighted by Crippen LogP contribution is 2.36. The summed E-state index contributed by atoms with van der Waals surface area (Å²) in [5.74, 6) is 0. The molecule has 3 nitrogen and oxygen atoms in total. The van der Waals surface area contributed by atoms with Crippen LogP contribution < -0.4 is 0 Å². The molecule has 0 N–H and O–H groups in total. The lowest BCUT2D eigenvalue weighted by Gasteiger charge is -2.31. The first-order valence-electron chi connectivity index (χ1n) is 4.36. The molecule has 0 aromatic carbocycles. The molecular weight excluding hydrogens is 155 g/mol. The molecule has 0 unspecified atom stereocenters. The minimum atomic E-state index is -0.500. The number of hydrogen-bond acceptors (Lipinski definition) is 3. The predicted octanol–water partition coefficient (Wildman–Crippen LogP) is 1.61. The van der Waals surface area contributed by atoms with Crippen LogP contribution in [0, 0.1) is 0 Å². The maximum Gasteiger partial charge on any atom is 0.640 e. The molecule has 1 rings (SSSR count). The summed E-state index contributed by atoms with van der Waals surface area (Å²) < 4.78 is 16.3. The van der Waals surface area contributed by atoms with Gasteiger partial charge in [-0.2, -0.15) is 0 Å². The van der Waals surface area contributed by atoms with Gasteiger partial charge in [0.05, 0.1) is 11.2 Å². The lowest BCUT2D eigenvalue weighted by molar-refractivity contribution is 0.00578. The third-order valence-corrected chi connectivity index (χ3v) is 2.53. The van der Waals surface area contributed by atoms with Gasteiger partial charge in [0, 0.05) is 6.61 Å². The van der Waals surface area contributed by atoms with E-state index in [0.717, 1.165) is 0 Å². The van der Waals surface area contributed by atoms with E-state index in [4.69, 9.17) is 14.0 Å². The maximum absolute atomic E-state index is 5.56. The van der Waals surface area contributed by atoms with Gasteiger partial charge >= 0.3 is 7.32 Å². The molecule has 0 aliphatic carbocycles. The molecule has 0 radical (unpaired) electrons. The zero-order valence-corrected chi connectivity index (χ0v) is 8.51. The molecule has 1 heterocycles. The minimum Gasteiger partial charge on any atom is -0.386 e. The highest BCUT2D eigenvalue weighted by molar-refractivity contribution is 6.37. The second kappa shape index (κ2) is 3.02. The first-order valence-corrected chi connectivity index (χ1v) is 4.36. The van der Waals surface area contributed by atoms with Crippen molar-refractivity contribution in [3.05, 3.63) is 0 Å². The normalized spacial score (nSPS) is 26.2. The molecule has 0 aromatic heterocycles. The predicted molar refractivity (Wildman–Crippen MR) is 47.7 cm³/mol. The number of hydrogen-bond donors (Lipinski definition) is 0. The van der Waals surface area contributed by atoms with E-state index in [0.29, 0.717) is 6.61 Å². The van der Waals surface area contributed by atoms with Gasteiger partial charge in [0.1, 0.15) is 0 Å². The molecule has 0 atom stereocenters. The van der Waals surface area contributed by atoms with Crippen molar-refractivity contribution in [1.29, 1.82) is 0 Å². The topological polar surface area (TPSA) is 27.7 Å². The van der Waals surface area contributed by atoms with E-state index in [1.54, 1.807) is 0 Å². The van der Waals surface area contributed by atoms with Crippen molar-refractivity contribution in [2.24, 2.45) is 0 Å². The molecular formula is C8H17BO3. The molecule has 0 bridgehead atoms. The minimum absolute atomic E-state index is 0.285. The average molecular weight is 172 g/mol. The Morgan fingerprint density at radius 1 is 1.08 bits per heavy atom. The highest BCUT2D eigenvalue weighted by Gasteiger charge is 2.52. The van der Waals surface area contributed by atoms with Gasteiger partial charge in [0.25, 0.3) is 0 Å². The van der Waals surface area contributed by atoms with E-state index in [9.17, 15) is 0 Å². The molecule has 1 fully saturated rings. The van der Waals surface area contributed by atoms with Crippen molar-refractivity contribution in [1.82, 2.24) is 0 Å². The van der Waals surface area contributed by atoms with Crippen LogP contribution in [0.4, 0.5) is 0 Å². The van der Waals surface area contributed by atoms with Crippen LogP contribution in [0.5, 0.6) is 0 Å². The van der Waals surface area contributed by atoms with Crippen LogP contribution in [-0.2, 0) is 14.0 Å². The van der Waals surface area contributed by atoms with Crippen LogP contribution in [0.1, 0.15) is 34.6 Å². The van der Waals surface area contributed by atoms with Crippen molar-refractivity contribution < 1.29 is 14.0 Å². The van der Waals surface area contributed by atoms with E-state index < -0.39 is 7.32 Å². The first-order chi connectivity index (χ1) is 5.39. The van der Waals surface area contributed by atoms with Gasteiger partial charge in [-0.25, -0.2) is 0 Å². The molecule has 1 saturated heterocycles. The van der Waals surface area contributed by atoms with Crippen LogP contribution in [-0.4, -0.2) is 25.1 Å². The Balaban J connectivity index is 2.61. The van der Waals surface area contributed by atoms with Gasteiger partial charge in [0.2, 0.25) is 0 Å². The van der Waals surface area contributed by atoms with Gasteiger partial charge in [-0.1, -0.05) is 0 Å². The summed E-state index contributed by atoms with van der Waals surface area (Å²) in [5.41, 5.74) is -0.570. The van der Waals surface area contributed by atoms with Crippen LogP contribution in [0.3, 0.4) is 0 Å². The zero-order valence-electron chi connectivity index (χ0n) is 8.51. The van der Waals surface area contributed by atoms with Crippen molar-refractivity contribution in [3.63, 3.8) is 0 Å². The molecule has 12 heavy (non-hydrogen) atoms. The Bertz CT molecular complexity index is 152. The summed E-state index contributed by atoms with van der Waals surface area (Å²) in [6, 6.07) is 0. The Kier molecular flexibility index (Phi) is 2.52. The summed E-state index contributed by atoms with van der Waals surface area (Å²) in [6.07, 6.45) is 0. The quantitative estimate of drug-likeness (QED) is 0.592. The van der Waals surface area contributed by atoms with Gasteiger partial charge in [-0.15, -0.1) is 0 Å². The van der Waals surface area contributed by atoms with Crippen LogP contribution in [0.2, 0.25) is 0 Å². The van der Waals surface area contributed by atoms with Crippen LogP contribution >= 0.6 is 0 Å². The smallest absolute Gasteiger partial charge is 0.386 e. The lowest BCUT2D eigenvalue weighted by Crippen LogP contribution is -2.41. The van der Waals surface area contributed by atoms with Crippen LogP contribution in [0.25, 0.3) is 0 Å². The summed E-state index contributed by atoms with van der Waals surface area (Å²) >= 11 is 0. The summed E-state index contributed by atoms with van der Waals surface area (Å²) in [5, 5.41) is 0. The Morgan fingerprint density at radius 3 is 1.83 bits per heavy atom. The third kappa shape index (κ3) is 1.65. The lowest BCUT2D eigenvalue weighted by atomic mass is 9.90. The zero-order chi connectivity index (χ0) is 9.41. The average Bonchev–Trinajstić information content (AvgIpc) is 2.02. The standard InChI is InChI=1S/C8H17BO3/c1-6-10-9-11-7(2,3)8(4,5)12-9/h6H2,1-5H3. The fourth-order valence-electron chi connectivity index (χ4n) is 0.993. The maximum atomic E-state index is 5.56. The fraction of sp³-hybridized carbons (Fsp3) is 1.00. The molecule has 0 amide bonds. The summed E-state index contributed by atoms with van der Waals surface area (Å²) in [6.45, 7) is 10.6. The van der Waals surface area contributed by atoms with E-state index >= 15 is 0 Å². The monoisotopic (exact) mass is 172 g/mol. The SMILES string of the molecule is CCOB1OC(C)(C)C(C)(C)O1. The third-order valence-electron chi connectivity index (χ3n) is 2.53. The summed E-state index contributed by atoms with van der Waals surface area (Å²) in [7, 11) is -0.500. The van der Waals surface area contributed by atoms with E-state index in [2.05, 4.69) is 0 Å². The van der Waals surface area contributed by atoms with Crippen molar-refractivity contribution >= 4 is 7.32 Å². The van der Waals surface area contributed by atoms with Crippen molar-refractivity contribution in [2.45, 2.75) is 45.8 Å². The van der Waals surface area contributed by atoms with Gasteiger partial charge < -0.3 is 14.0 Å². The van der Waals surface area contributed by atoms with E-state index in [-0.39, 0.29) is 11.2 Å². The highest BCUT2D eigenvalue weighted by atomic mass is 16.8. The Hall–Kier alpha value is -0.0551.